The summed E-state index contributed by atoms with van der Waals surface area (Å²) in [6.07, 6.45) is 5.00. The molecule has 28 heavy (non-hydrogen) atoms. The molecule has 4 rings (SSSR count). The van der Waals surface area contributed by atoms with E-state index in [4.69, 9.17) is 4.74 Å². The minimum absolute atomic E-state index is 0.0425. The maximum Gasteiger partial charge on any atom is 0.238 e. The molecule has 0 saturated heterocycles. The number of rotatable bonds is 2. The van der Waals surface area contributed by atoms with Crippen molar-refractivity contribution in [1.29, 1.82) is 0 Å². The van der Waals surface area contributed by atoms with Crippen molar-refractivity contribution < 1.29 is 21.9 Å². The van der Waals surface area contributed by atoms with E-state index in [1.807, 2.05) is 0 Å². The van der Waals surface area contributed by atoms with Crippen LogP contribution < -0.4 is 14.8 Å². The second kappa shape index (κ2) is 6.77. The maximum absolute atomic E-state index is 14.3. The van der Waals surface area contributed by atoms with Crippen LogP contribution >= 0.6 is 0 Å². The molecule has 5 nitrogen and oxygen atoms in total. The average Bonchev–Trinajstić information content (AvgIpc) is 3.41. The zero-order chi connectivity index (χ0) is 19.9. The van der Waals surface area contributed by atoms with Gasteiger partial charge in [-0.05, 0) is 49.9 Å². The summed E-state index contributed by atoms with van der Waals surface area (Å²) < 4.78 is 61.7. The monoisotopic (exact) mass is 406 g/mol. The molecule has 0 amide bonds. The Kier molecular flexibility index (Phi) is 4.53. The van der Waals surface area contributed by atoms with Crippen LogP contribution in [0, 0.1) is 18.6 Å². The van der Waals surface area contributed by atoms with Gasteiger partial charge in [0.25, 0.3) is 0 Å². The molecule has 148 valence electrons. The molecule has 2 N–H and O–H groups in total. The number of fused-ring (bicyclic) bond motifs is 1. The molecule has 1 aliphatic heterocycles. The van der Waals surface area contributed by atoms with Gasteiger partial charge in [-0.3, -0.25) is 4.72 Å². The first-order valence-electron chi connectivity index (χ1n) is 8.97. The zero-order valence-corrected chi connectivity index (χ0v) is 16.1. The fourth-order valence-electron chi connectivity index (χ4n) is 3.23. The Morgan fingerprint density at radius 2 is 1.89 bits per heavy atom. The van der Waals surface area contributed by atoms with E-state index in [9.17, 15) is 17.2 Å². The molecule has 1 aliphatic carbocycles. The van der Waals surface area contributed by atoms with Gasteiger partial charge in [0.2, 0.25) is 10.0 Å². The zero-order valence-electron chi connectivity index (χ0n) is 15.3. The van der Waals surface area contributed by atoms with Crippen LogP contribution in [0.25, 0.3) is 0 Å². The highest BCUT2D eigenvalue weighted by molar-refractivity contribution is 7.94. The Labute approximate surface area is 162 Å². The van der Waals surface area contributed by atoms with Crippen LogP contribution in [0.4, 0.5) is 25.8 Å². The van der Waals surface area contributed by atoms with Crippen molar-refractivity contribution in [3.63, 3.8) is 0 Å². The number of benzene rings is 2. The van der Waals surface area contributed by atoms with Crippen molar-refractivity contribution in [3.8, 4) is 5.75 Å². The summed E-state index contributed by atoms with van der Waals surface area (Å²) in [6, 6.07) is 6.79. The van der Waals surface area contributed by atoms with E-state index in [1.165, 1.54) is 12.1 Å². The molecule has 0 aromatic heterocycles. The van der Waals surface area contributed by atoms with E-state index < -0.39 is 26.4 Å². The van der Waals surface area contributed by atoms with E-state index in [1.54, 1.807) is 25.1 Å². The summed E-state index contributed by atoms with van der Waals surface area (Å²) in [4.78, 5) is 0. The Morgan fingerprint density at radius 1 is 1.11 bits per heavy atom. The van der Waals surface area contributed by atoms with E-state index in [-0.39, 0.29) is 29.4 Å². The van der Waals surface area contributed by atoms with Crippen LogP contribution in [0.5, 0.6) is 5.75 Å². The molecular weight excluding hydrogens is 386 g/mol. The van der Waals surface area contributed by atoms with Crippen LogP contribution in [-0.2, 0) is 10.0 Å². The van der Waals surface area contributed by atoms with Gasteiger partial charge in [0.1, 0.15) is 29.7 Å². The number of hydrogen-bond acceptors (Lipinski definition) is 4. The maximum atomic E-state index is 14.3. The number of ether oxygens (including phenoxy) is 1. The third kappa shape index (κ3) is 3.44. The second-order valence-electron chi connectivity index (χ2n) is 7.21. The van der Waals surface area contributed by atoms with E-state index in [0.29, 0.717) is 19.3 Å². The molecule has 1 heterocycles. The van der Waals surface area contributed by atoms with E-state index in [0.717, 1.165) is 17.7 Å². The molecule has 0 bridgehead atoms. The van der Waals surface area contributed by atoms with Crippen LogP contribution in [-0.4, -0.2) is 19.8 Å². The van der Waals surface area contributed by atoms with Crippen LogP contribution in [0.2, 0.25) is 0 Å². The van der Waals surface area contributed by atoms with Gasteiger partial charge in [-0.2, -0.15) is 0 Å². The van der Waals surface area contributed by atoms with Gasteiger partial charge >= 0.3 is 0 Å². The Bertz CT molecular complexity index is 1060. The molecular formula is C20H20F2N2O3S. The molecule has 0 unspecified atom stereocenters. The number of nitrogens with one attached hydrogen (secondary N) is 2. The van der Waals surface area contributed by atoms with Crippen molar-refractivity contribution in [2.24, 2.45) is 0 Å². The molecule has 2 aromatic rings. The summed E-state index contributed by atoms with van der Waals surface area (Å²) >= 11 is 0. The Balaban J connectivity index is 1.80. The number of hydrogen-bond donors (Lipinski definition) is 2. The van der Waals surface area contributed by atoms with Gasteiger partial charge in [0, 0.05) is 6.07 Å². The van der Waals surface area contributed by atoms with Crippen molar-refractivity contribution >= 4 is 27.1 Å². The van der Waals surface area contributed by atoms with Crippen LogP contribution in [0.15, 0.2) is 42.5 Å². The van der Waals surface area contributed by atoms with Gasteiger partial charge in [0.15, 0.2) is 0 Å². The third-order valence-corrected chi connectivity index (χ3v) is 7.25. The summed E-state index contributed by atoms with van der Waals surface area (Å²) in [5.74, 6) is -1.11. The number of halogens is 2. The van der Waals surface area contributed by atoms with Crippen LogP contribution in [0.3, 0.4) is 0 Å². The lowest BCUT2D eigenvalue weighted by Crippen LogP contribution is -2.30. The van der Waals surface area contributed by atoms with E-state index in [2.05, 4.69) is 10.0 Å². The van der Waals surface area contributed by atoms with Crippen LogP contribution in [0.1, 0.15) is 24.8 Å². The van der Waals surface area contributed by atoms with Gasteiger partial charge in [-0.25, -0.2) is 17.2 Å². The largest absolute Gasteiger partial charge is 0.487 e. The predicted molar refractivity (Wildman–Crippen MR) is 105 cm³/mol. The summed E-state index contributed by atoms with van der Waals surface area (Å²) in [7, 11) is -3.74. The summed E-state index contributed by atoms with van der Waals surface area (Å²) in [5, 5.41) is 2.80. The fraction of sp³-hybridized carbons (Fsp3) is 0.300. The normalized spacial score (nSPS) is 19.2. The van der Waals surface area contributed by atoms with Crippen molar-refractivity contribution in [1.82, 2.24) is 0 Å². The molecule has 0 atom stereocenters. The number of sulfonamides is 1. The lowest BCUT2D eigenvalue weighted by atomic mass is 10.2. The number of allylic oxidation sites excluding steroid dienone is 1. The first-order chi connectivity index (χ1) is 13.3. The molecule has 1 fully saturated rings. The van der Waals surface area contributed by atoms with Crippen molar-refractivity contribution in [2.75, 3.05) is 16.6 Å². The highest BCUT2D eigenvalue weighted by atomic mass is 32.2. The van der Waals surface area contributed by atoms with Crippen molar-refractivity contribution in [3.05, 3.63) is 59.7 Å². The fourth-order valence-corrected chi connectivity index (χ4v) is 4.89. The molecule has 1 spiro atoms. The standard InChI is InChI=1S/C20H20F2N2O3S/c1-13-4-5-16(15(22)10-13)23-17-11-14(21)12-18-19(17)24-28(25,26)20(7-8-20)6-2-3-9-27-18/h2-5,10-12,23-24H,6-9H2,1H3. The topological polar surface area (TPSA) is 67.4 Å². The molecule has 0 radical (unpaired) electrons. The first-order valence-corrected chi connectivity index (χ1v) is 10.4. The lowest BCUT2D eigenvalue weighted by molar-refractivity contribution is 0.362. The minimum Gasteiger partial charge on any atom is -0.487 e. The van der Waals surface area contributed by atoms with Gasteiger partial charge < -0.3 is 10.1 Å². The highest BCUT2D eigenvalue weighted by Crippen LogP contribution is 2.49. The van der Waals surface area contributed by atoms with Gasteiger partial charge in [-0.15, -0.1) is 0 Å². The second-order valence-corrected chi connectivity index (χ2v) is 9.29. The summed E-state index contributed by atoms with van der Waals surface area (Å²) in [6.45, 7) is 1.92. The molecule has 8 heteroatoms. The first kappa shape index (κ1) is 18.7. The van der Waals surface area contributed by atoms with Crippen molar-refractivity contribution in [2.45, 2.75) is 30.9 Å². The highest BCUT2D eigenvalue weighted by Gasteiger charge is 2.54. The molecule has 2 aromatic carbocycles. The average molecular weight is 406 g/mol. The predicted octanol–water partition coefficient (Wildman–Crippen LogP) is 4.63. The lowest BCUT2D eigenvalue weighted by Gasteiger charge is -2.22. The quantitative estimate of drug-likeness (QED) is 0.714. The number of aryl methyl sites for hydroxylation is 1. The molecule has 1 saturated carbocycles. The minimum atomic E-state index is -3.74. The van der Waals surface area contributed by atoms with Gasteiger partial charge in [0.05, 0.1) is 16.1 Å². The number of anilines is 3. The smallest absolute Gasteiger partial charge is 0.238 e. The summed E-state index contributed by atoms with van der Waals surface area (Å²) in [5.41, 5.74) is 0.997. The molecule has 2 aliphatic rings. The van der Waals surface area contributed by atoms with E-state index >= 15 is 0 Å². The third-order valence-electron chi connectivity index (χ3n) is 5.07. The Hall–Kier alpha value is -2.61. The Morgan fingerprint density at radius 3 is 2.61 bits per heavy atom. The van der Waals surface area contributed by atoms with Gasteiger partial charge in [-0.1, -0.05) is 18.2 Å². The SMILES string of the molecule is Cc1ccc(Nc2cc(F)cc3c2NS(=O)(=O)C2(CC=CCO3)CC2)c(F)c1.